The molecule has 0 rings (SSSR count). The van der Waals surface area contributed by atoms with Gasteiger partial charge in [0.25, 0.3) is 0 Å². The van der Waals surface area contributed by atoms with Crippen LogP contribution in [-0.4, -0.2) is 59.7 Å². The Balaban J connectivity index is 5.18. The summed E-state index contributed by atoms with van der Waals surface area (Å²) in [6, 6.07) is -1.06. The van der Waals surface area contributed by atoms with E-state index in [-0.39, 0.29) is 16.7 Å². The number of Topliss-reactive ketones (excluding diaryl/α,β-unsaturated/α-hetero) is 1. The molecule has 0 saturated carbocycles. The molecule has 16 heavy (non-hydrogen) atoms. The van der Waals surface area contributed by atoms with Crippen molar-refractivity contribution in [3.63, 3.8) is 0 Å². The van der Waals surface area contributed by atoms with Crippen molar-refractivity contribution in [3.8, 4) is 0 Å². The van der Waals surface area contributed by atoms with Crippen molar-refractivity contribution in [2.75, 3.05) is 21.1 Å². The van der Waals surface area contributed by atoms with Crippen LogP contribution in [0.4, 0.5) is 0 Å². The Bertz CT molecular complexity index is 296. The quantitative estimate of drug-likeness (QED) is 0.619. The fraction of sp³-hybridized carbons (Fsp3) is 0.818. The van der Waals surface area contributed by atoms with Gasteiger partial charge in [-0.3, -0.25) is 9.59 Å². The van der Waals surface area contributed by atoms with Crippen molar-refractivity contribution >= 4 is 11.8 Å². The summed E-state index contributed by atoms with van der Waals surface area (Å²) in [6.45, 7) is 1.82. The molecule has 2 unspecified atom stereocenters. The minimum absolute atomic E-state index is 0.0338. The van der Waals surface area contributed by atoms with Crippen LogP contribution < -0.4 is 0 Å². The third kappa shape index (κ3) is 4.72. The monoisotopic (exact) mass is 233 g/mol. The van der Waals surface area contributed by atoms with Crippen LogP contribution >= 0.6 is 0 Å². The number of aliphatic hydroxyl groups is 1. The highest BCUT2D eigenvalue weighted by Gasteiger charge is 2.38. The molecule has 0 aromatic carbocycles. The van der Waals surface area contributed by atoms with E-state index in [1.54, 1.807) is 21.1 Å². The molecule has 5 heteroatoms. The number of hydrogen-bond acceptors (Lipinski definition) is 3. The van der Waals surface area contributed by atoms with Crippen molar-refractivity contribution in [2.45, 2.75) is 38.3 Å². The zero-order valence-electron chi connectivity index (χ0n) is 11.4. The number of carboxylic acids is 1. The van der Waals surface area contributed by atoms with Gasteiger partial charge in [0.05, 0.1) is 28.9 Å². The minimum Gasteiger partial charge on any atom is -0.481 e. The largest absolute Gasteiger partial charge is 0.481 e. The number of nitrogens with zero attached hydrogens (tertiary/aromatic N) is 1. The molecule has 0 saturated heterocycles. The van der Waals surface area contributed by atoms with Crippen LogP contribution in [0.1, 0.15) is 27.6 Å². The SMILES string of the molecule is [2H]C(O)(CC(=O)O)C(C(=O)CCC)[N+](C)(C)C. The van der Waals surface area contributed by atoms with Crippen LogP contribution in [0, 0.1) is 0 Å². The fourth-order valence-electron chi connectivity index (χ4n) is 1.70. The summed E-state index contributed by atoms with van der Waals surface area (Å²) in [5.74, 6) is -1.57. The maximum atomic E-state index is 11.9. The van der Waals surface area contributed by atoms with Gasteiger partial charge in [-0.2, -0.15) is 0 Å². The summed E-state index contributed by atoms with van der Waals surface area (Å²) in [4.78, 5) is 22.6. The van der Waals surface area contributed by atoms with Gasteiger partial charge in [-0.1, -0.05) is 6.92 Å². The Labute approximate surface area is 97.7 Å². The highest BCUT2D eigenvalue weighted by molar-refractivity contribution is 5.84. The van der Waals surface area contributed by atoms with Gasteiger partial charge in [-0.15, -0.1) is 0 Å². The minimum atomic E-state index is -2.28. The molecule has 2 N–H and O–H groups in total. The third-order valence-electron chi connectivity index (χ3n) is 2.22. The lowest BCUT2D eigenvalue weighted by Crippen LogP contribution is -2.56. The standard InChI is InChI=1S/C11H21NO4/c1-5-6-8(13)11(12(2,3)4)9(14)7-10(15)16/h9,11,14H,5-7H2,1-4H3/p+1/i9D. The molecular weight excluding hydrogens is 210 g/mol. The maximum Gasteiger partial charge on any atom is 0.306 e. The Kier molecular flexibility index (Phi) is 4.89. The lowest BCUT2D eigenvalue weighted by Gasteiger charge is -2.35. The van der Waals surface area contributed by atoms with E-state index in [0.717, 1.165) is 0 Å². The Morgan fingerprint density at radius 2 is 1.88 bits per heavy atom. The second-order valence-electron chi connectivity index (χ2n) is 4.80. The van der Waals surface area contributed by atoms with E-state index in [1.165, 1.54) is 0 Å². The van der Waals surface area contributed by atoms with Gasteiger partial charge in [-0.25, -0.2) is 0 Å². The van der Waals surface area contributed by atoms with Crippen molar-refractivity contribution in [2.24, 2.45) is 0 Å². The summed E-state index contributed by atoms with van der Waals surface area (Å²) in [5, 5.41) is 18.6. The Hall–Kier alpha value is -0.940. The van der Waals surface area contributed by atoms with E-state index in [9.17, 15) is 14.7 Å². The number of hydrogen-bond donors (Lipinski definition) is 2. The summed E-state index contributed by atoms with van der Waals surface area (Å²) in [5.41, 5.74) is 0. The van der Waals surface area contributed by atoms with Crippen LogP contribution in [0.15, 0.2) is 0 Å². The first-order chi connectivity index (χ1) is 7.52. The number of likely N-dealkylation sites (N-methyl/N-ethyl adjacent to an activating group) is 1. The maximum absolute atomic E-state index is 11.9. The fourth-order valence-corrected chi connectivity index (χ4v) is 1.70. The molecule has 2 atom stereocenters. The molecule has 94 valence electrons. The van der Waals surface area contributed by atoms with E-state index in [2.05, 4.69) is 0 Å². The predicted octanol–water partition coefficient (Wildman–Crippen LogP) is 0.266. The number of carbonyl (C=O) groups excluding carboxylic acids is 1. The van der Waals surface area contributed by atoms with E-state index < -0.39 is 24.5 Å². The van der Waals surface area contributed by atoms with Gasteiger partial charge in [0.1, 0.15) is 6.08 Å². The van der Waals surface area contributed by atoms with Gasteiger partial charge in [-0.05, 0) is 6.42 Å². The molecule has 0 aliphatic heterocycles. The lowest BCUT2D eigenvalue weighted by molar-refractivity contribution is -0.890. The average molecular weight is 233 g/mol. The van der Waals surface area contributed by atoms with E-state index in [4.69, 9.17) is 6.48 Å². The van der Waals surface area contributed by atoms with Gasteiger partial charge >= 0.3 is 5.97 Å². The molecule has 0 spiro atoms. The first kappa shape index (κ1) is 13.1. The molecule has 0 radical (unpaired) electrons. The number of carbonyl (C=O) groups is 2. The van der Waals surface area contributed by atoms with Gasteiger partial charge in [0.2, 0.25) is 0 Å². The third-order valence-corrected chi connectivity index (χ3v) is 2.22. The van der Waals surface area contributed by atoms with Gasteiger partial charge in [0.15, 0.2) is 11.8 Å². The normalized spacial score (nSPS) is 18.4. The molecular formula is C11H22NO4+. The first-order valence-electron chi connectivity index (χ1n) is 5.80. The van der Waals surface area contributed by atoms with Crippen molar-refractivity contribution in [3.05, 3.63) is 0 Å². The Morgan fingerprint density at radius 1 is 1.38 bits per heavy atom. The number of ketones is 1. The Morgan fingerprint density at radius 3 is 2.19 bits per heavy atom. The second-order valence-corrected chi connectivity index (χ2v) is 4.80. The molecule has 0 bridgehead atoms. The molecule has 0 heterocycles. The van der Waals surface area contributed by atoms with Crippen LogP contribution in [-0.2, 0) is 9.59 Å². The predicted molar refractivity (Wildman–Crippen MR) is 60.0 cm³/mol. The van der Waals surface area contributed by atoms with Crippen molar-refractivity contribution in [1.29, 1.82) is 0 Å². The van der Waals surface area contributed by atoms with Crippen LogP contribution in [0.3, 0.4) is 0 Å². The van der Waals surface area contributed by atoms with Crippen LogP contribution in [0.2, 0.25) is 0 Å². The summed E-state index contributed by atoms with van der Waals surface area (Å²) in [6.07, 6.45) is -2.20. The average Bonchev–Trinajstić information content (AvgIpc) is 1.96. The number of quaternary nitrogens is 1. The summed E-state index contributed by atoms with van der Waals surface area (Å²) in [7, 11) is 5.00. The first-order valence-corrected chi connectivity index (χ1v) is 5.30. The molecule has 5 nitrogen and oxygen atoms in total. The molecule has 0 amide bonds. The van der Waals surface area contributed by atoms with Crippen molar-refractivity contribution < 1.29 is 25.7 Å². The van der Waals surface area contributed by atoms with Gasteiger partial charge in [0, 0.05) is 6.42 Å². The summed E-state index contributed by atoms with van der Waals surface area (Å²) >= 11 is 0. The van der Waals surface area contributed by atoms with Gasteiger partial charge < -0.3 is 14.7 Å². The highest BCUT2D eigenvalue weighted by atomic mass is 16.4. The number of aliphatic carboxylic acids is 1. The van der Waals surface area contributed by atoms with Crippen molar-refractivity contribution in [1.82, 2.24) is 0 Å². The van der Waals surface area contributed by atoms with E-state index in [0.29, 0.717) is 6.42 Å². The number of carboxylic acid groups (broad SMARTS) is 1. The van der Waals surface area contributed by atoms with E-state index in [1.807, 2.05) is 6.92 Å². The molecule has 0 aliphatic carbocycles. The van der Waals surface area contributed by atoms with Crippen LogP contribution in [0.5, 0.6) is 0 Å². The highest BCUT2D eigenvalue weighted by Crippen LogP contribution is 2.15. The molecule has 0 fully saturated rings. The molecule has 0 aromatic rings. The molecule has 0 aliphatic rings. The lowest BCUT2D eigenvalue weighted by atomic mass is 9.98. The second kappa shape index (κ2) is 5.96. The van der Waals surface area contributed by atoms with E-state index >= 15 is 0 Å². The zero-order chi connectivity index (χ0) is 13.9. The smallest absolute Gasteiger partial charge is 0.306 e. The summed E-state index contributed by atoms with van der Waals surface area (Å²) < 4.78 is 7.75. The number of rotatable bonds is 7. The topological polar surface area (TPSA) is 74.6 Å². The van der Waals surface area contributed by atoms with Crippen LogP contribution in [0.25, 0.3) is 0 Å². The molecule has 0 aromatic heterocycles. The zero-order valence-corrected chi connectivity index (χ0v) is 10.4.